The number of nitrogens with zero attached hydrogens (tertiary/aromatic N) is 3. The Morgan fingerprint density at radius 3 is 2.03 bits per heavy atom. The Balaban J connectivity index is 0.00000129. The van der Waals surface area contributed by atoms with Crippen molar-refractivity contribution >= 4 is 17.5 Å². The lowest BCUT2D eigenvalue weighted by molar-refractivity contribution is 0.0964. The largest absolute Gasteiger partial charge is 0.355 e. The summed E-state index contributed by atoms with van der Waals surface area (Å²) < 4.78 is 1.44. The van der Waals surface area contributed by atoms with E-state index in [1.54, 1.807) is 48.7 Å². The summed E-state index contributed by atoms with van der Waals surface area (Å²) in [6, 6.07) is 13.7. The molecule has 0 unspecified atom stereocenters. The zero-order valence-corrected chi connectivity index (χ0v) is 18.9. The molecule has 2 heterocycles. The Labute approximate surface area is 179 Å². The number of amides is 2. The van der Waals surface area contributed by atoms with E-state index in [4.69, 9.17) is 0 Å². The van der Waals surface area contributed by atoms with Gasteiger partial charge in [0.1, 0.15) is 5.69 Å². The Hall–Kier alpha value is -3.48. The monoisotopic (exact) mass is 411 g/mol. The molecule has 0 fully saturated rings. The van der Waals surface area contributed by atoms with Gasteiger partial charge in [0.2, 0.25) is 0 Å². The summed E-state index contributed by atoms with van der Waals surface area (Å²) in [5.41, 5.74) is 1.13. The summed E-state index contributed by atoms with van der Waals surface area (Å²) in [6.07, 6.45) is 3.15. The van der Waals surface area contributed by atoms with E-state index >= 15 is 0 Å². The molecular formula is C23H33N5O2. The number of aromatic nitrogens is 3. The van der Waals surface area contributed by atoms with Crippen molar-refractivity contribution in [1.29, 1.82) is 0 Å². The number of nitrogens with one attached hydrogen (secondary N) is 2. The zero-order valence-electron chi connectivity index (χ0n) is 18.9. The third kappa shape index (κ3) is 7.16. The standard InChI is InChI=1S/C17H15N5O2.3C2H6/c1-18-16(23)12-6-2-3-7-13(12)21-17(24)14-9-11-20-22(14)15-8-4-5-10-19-15;3*1-2/h2-11H,1H3,(H,18,23)(H,21,24);3*1-2H3. The van der Waals surface area contributed by atoms with Crippen LogP contribution in [-0.4, -0.2) is 33.6 Å². The molecular weight excluding hydrogens is 378 g/mol. The number of carbonyl (C=O) groups is 2. The molecule has 0 radical (unpaired) electrons. The van der Waals surface area contributed by atoms with E-state index in [1.807, 2.05) is 47.6 Å². The SMILES string of the molecule is CC.CC.CC.CNC(=O)c1ccccc1NC(=O)c1ccnn1-c1ccccn1. The van der Waals surface area contributed by atoms with Crippen molar-refractivity contribution in [2.75, 3.05) is 12.4 Å². The van der Waals surface area contributed by atoms with Crippen LogP contribution in [0.1, 0.15) is 62.4 Å². The predicted octanol–water partition coefficient (Wildman–Crippen LogP) is 4.96. The summed E-state index contributed by atoms with van der Waals surface area (Å²) in [5, 5.41) is 9.44. The number of anilines is 1. The van der Waals surface area contributed by atoms with Crippen LogP contribution in [0.5, 0.6) is 0 Å². The topological polar surface area (TPSA) is 88.9 Å². The van der Waals surface area contributed by atoms with Gasteiger partial charge in [-0.05, 0) is 30.3 Å². The maximum absolute atomic E-state index is 12.6. The second-order valence-electron chi connectivity index (χ2n) is 4.90. The van der Waals surface area contributed by atoms with Gasteiger partial charge in [-0.2, -0.15) is 5.10 Å². The van der Waals surface area contributed by atoms with Crippen LogP contribution in [0.25, 0.3) is 5.82 Å². The summed E-state index contributed by atoms with van der Waals surface area (Å²) >= 11 is 0. The molecule has 162 valence electrons. The highest BCUT2D eigenvalue weighted by atomic mass is 16.2. The zero-order chi connectivity index (χ0) is 22.9. The molecule has 3 rings (SSSR count). The number of para-hydroxylation sites is 1. The van der Waals surface area contributed by atoms with Gasteiger partial charge in [-0.25, -0.2) is 9.67 Å². The van der Waals surface area contributed by atoms with Crippen molar-refractivity contribution in [3.05, 3.63) is 72.2 Å². The predicted molar refractivity (Wildman–Crippen MR) is 123 cm³/mol. The highest BCUT2D eigenvalue weighted by Gasteiger charge is 2.17. The molecule has 3 aromatic rings. The lowest BCUT2D eigenvalue weighted by Crippen LogP contribution is -2.22. The van der Waals surface area contributed by atoms with Crippen LogP contribution in [0.4, 0.5) is 5.69 Å². The van der Waals surface area contributed by atoms with Crippen LogP contribution in [0.2, 0.25) is 0 Å². The lowest BCUT2D eigenvalue weighted by atomic mass is 10.1. The van der Waals surface area contributed by atoms with Crippen molar-refractivity contribution in [3.63, 3.8) is 0 Å². The van der Waals surface area contributed by atoms with Gasteiger partial charge < -0.3 is 10.6 Å². The summed E-state index contributed by atoms with van der Waals surface area (Å²) in [5.74, 6) is -0.120. The molecule has 2 amide bonds. The number of rotatable bonds is 4. The molecule has 2 N–H and O–H groups in total. The minimum absolute atomic E-state index is 0.274. The van der Waals surface area contributed by atoms with Gasteiger partial charge in [0, 0.05) is 13.2 Å². The fourth-order valence-electron chi connectivity index (χ4n) is 2.25. The van der Waals surface area contributed by atoms with Crippen molar-refractivity contribution in [2.24, 2.45) is 0 Å². The van der Waals surface area contributed by atoms with Crippen LogP contribution in [0, 0.1) is 0 Å². The normalized spacial score (nSPS) is 8.77. The van der Waals surface area contributed by atoms with E-state index in [0.29, 0.717) is 22.8 Å². The van der Waals surface area contributed by atoms with E-state index in [0.717, 1.165) is 0 Å². The average Bonchev–Trinajstić information content (AvgIpc) is 3.34. The van der Waals surface area contributed by atoms with Gasteiger partial charge in [-0.1, -0.05) is 59.7 Å². The third-order valence-corrected chi connectivity index (χ3v) is 3.39. The van der Waals surface area contributed by atoms with Crippen LogP contribution in [-0.2, 0) is 0 Å². The molecule has 0 saturated heterocycles. The van der Waals surface area contributed by atoms with Crippen molar-refractivity contribution in [2.45, 2.75) is 41.5 Å². The molecule has 0 aliphatic rings. The first-order chi connectivity index (χ1) is 14.7. The van der Waals surface area contributed by atoms with E-state index in [2.05, 4.69) is 20.7 Å². The average molecular weight is 412 g/mol. The molecule has 7 nitrogen and oxygen atoms in total. The molecule has 0 atom stereocenters. The highest BCUT2D eigenvalue weighted by molar-refractivity contribution is 6.08. The van der Waals surface area contributed by atoms with Crippen molar-refractivity contribution in [3.8, 4) is 5.82 Å². The van der Waals surface area contributed by atoms with E-state index < -0.39 is 0 Å². The molecule has 2 aromatic heterocycles. The third-order valence-electron chi connectivity index (χ3n) is 3.39. The molecule has 0 bridgehead atoms. The van der Waals surface area contributed by atoms with Gasteiger partial charge in [-0.15, -0.1) is 0 Å². The molecule has 0 spiro atoms. The quantitative estimate of drug-likeness (QED) is 0.635. The molecule has 30 heavy (non-hydrogen) atoms. The molecule has 0 saturated carbocycles. The fraction of sp³-hybridized carbons (Fsp3) is 0.304. The second-order valence-corrected chi connectivity index (χ2v) is 4.90. The molecule has 1 aromatic carbocycles. The molecule has 0 aliphatic heterocycles. The van der Waals surface area contributed by atoms with Crippen LogP contribution >= 0.6 is 0 Å². The minimum atomic E-state index is -0.380. The highest BCUT2D eigenvalue weighted by Crippen LogP contribution is 2.17. The maximum atomic E-state index is 12.6. The summed E-state index contributed by atoms with van der Waals surface area (Å²) in [6.45, 7) is 12.0. The molecule has 0 aliphatic carbocycles. The van der Waals surface area contributed by atoms with Crippen LogP contribution in [0.15, 0.2) is 60.9 Å². The van der Waals surface area contributed by atoms with Crippen molar-refractivity contribution in [1.82, 2.24) is 20.1 Å². The first-order valence-electron chi connectivity index (χ1n) is 10.3. The first kappa shape index (κ1) is 26.5. The Bertz CT molecular complexity index is 876. The Kier molecular flexibility index (Phi) is 13.7. The van der Waals surface area contributed by atoms with E-state index in [9.17, 15) is 9.59 Å². The van der Waals surface area contributed by atoms with Gasteiger partial charge in [0.15, 0.2) is 5.82 Å². The first-order valence-corrected chi connectivity index (χ1v) is 10.3. The van der Waals surface area contributed by atoms with Gasteiger partial charge in [-0.3, -0.25) is 9.59 Å². The fourth-order valence-corrected chi connectivity index (χ4v) is 2.25. The van der Waals surface area contributed by atoms with E-state index in [-0.39, 0.29) is 11.8 Å². The Morgan fingerprint density at radius 1 is 0.800 bits per heavy atom. The van der Waals surface area contributed by atoms with Crippen molar-refractivity contribution < 1.29 is 9.59 Å². The lowest BCUT2D eigenvalue weighted by Gasteiger charge is -2.11. The van der Waals surface area contributed by atoms with Gasteiger partial charge in [0.25, 0.3) is 11.8 Å². The minimum Gasteiger partial charge on any atom is -0.355 e. The van der Waals surface area contributed by atoms with Crippen LogP contribution in [0.3, 0.4) is 0 Å². The number of hydrogen-bond acceptors (Lipinski definition) is 4. The second kappa shape index (κ2) is 15.4. The number of carbonyl (C=O) groups excluding carboxylic acids is 2. The maximum Gasteiger partial charge on any atom is 0.274 e. The number of benzene rings is 1. The number of hydrogen-bond donors (Lipinski definition) is 2. The van der Waals surface area contributed by atoms with Gasteiger partial charge in [0.05, 0.1) is 17.4 Å². The Morgan fingerprint density at radius 2 is 1.43 bits per heavy atom. The molecule has 7 heteroatoms. The smallest absolute Gasteiger partial charge is 0.274 e. The van der Waals surface area contributed by atoms with Gasteiger partial charge >= 0.3 is 0 Å². The summed E-state index contributed by atoms with van der Waals surface area (Å²) in [4.78, 5) is 28.7. The van der Waals surface area contributed by atoms with E-state index in [1.165, 1.54) is 17.9 Å². The van der Waals surface area contributed by atoms with Crippen LogP contribution < -0.4 is 10.6 Å². The summed E-state index contributed by atoms with van der Waals surface area (Å²) in [7, 11) is 1.54. The number of pyridine rings is 1.